The van der Waals surface area contributed by atoms with E-state index in [1.165, 1.54) is 11.8 Å². The van der Waals surface area contributed by atoms with E-state index in [1.807, 2.05) is 13.8 Å². The first-order valence-corrected chi connectivity index (χ1v) is 16.2. The van der Waals surface area contributed by atoms with Gasteiger partial charge >= 0.3 is 0 Å². The quantitative estimate of drug-likeness (QED) is 0.0557. The Morgan fingerprint density at radius 2 is 1.56 bits per heavy atom. The zero-order valence-electron chi connectivity index (χ0n) is 28.6. The van der Waals surface area contributed by atoms with Crippen molar-refractivity contribution in [3.8, 4) is 0 Å². The van der Waals surface area contributed by atoms with E-state index in [1.54, 1.807) is 6.92 Å². The number of nitrogens with one attached hydrogen (secondary N) is 6. The molecule has 16 nitrogen and oxygen atoms in total. The molecule has 1 fully saturated rings. The molecular weight excluding hydrogens is 626 g/mol. The Kier molecular flexibility index (Phi) is 20.1. The van der Waals surface area contributed by atoms with Gasteiger partial charge in [0, 0.05) is 31.8 Å². The molecule has 2 unspecified atom stereocenters. The number of rotatable bonds is 23. The molecule has 0 aromatic rings. The first-order valence-electron chi connectivity index (χ1n) is 16.2. The van der Waals surface area contributed by atoms with Crippen molar-refractivity contribution >= 4 is 41.4 Å². The van der Waals surface area contributed by atoms with Crippen LogP contribution in [0.15, 0.2) is 24.8 Å². The van der Waals surface area contributed by atoms with E-state index in [2.05, 4.69) is 45.1 Å². The first-order chi connectivity index (χ1) is 22.8. The van der Waals surface area contributed by atoms with Gasteiger partial charge in [0.15, 0.2) is 0 Å². The highest BCUT2D eigenvalue weighted by molar-refractivity contribution is 5.96. The Hall–Kier alpha value is -4.31. The number of carbonyl (C=O) groups is 7. The third-order valence-corrected chi connectivity index (χ3v) is 7.03. The van der Waals surface area contributed by atoms with Gasteiger partial charge in [-0.1, -0.05) is 27.0 Å². The summed E-state index contributed by atoms with van der Waals surface area (Å²) in [6.07, 6.45) is 3.01. The van der Waals surface area contributed by atoms with Crippen molar-refractivity contribution in [2.75, 3.05) is 59.2 Å². The molecule has 0 aliphatic carbocycles. The van der Waals surface area contributed by atoms with Gasteiger partial charge in [-0.15, -0.1) is 0 Å². The summed E-state index contributed by atoms with van der Waals surface area (Å²) in [4.78, 5) is 87.2. The molecule has 7 amide bonds. The molecular formula is C32H53N7O9. The summed E-state index contributed by atoms with van der Waals surface area (Å²) in [5, 5.41) is 15.8. The van der Waals surface area contributed by atoms with Crippen molar-refractivity contribution in [3.63, 3.8) is 0 Å². The van der Waals surface area contributed by atoms with E-state index in [-0.39, 0.29) is 57.2 Å². The number of amides is 7. The van der Waals surface area contributed by atoms with Crippen LogP contribution in [0, 0.1) is 5.92 Å². The van der Waals surface area contributed by atoms with Crippen LogP contribution in [-0.2, 0) is 43.0 Å². The SMILES string of the molecule is C=CC(=O)N[C@@H](C)C(=O)N1CCCC1C(=O)NCC(=O)NC(CC(C)C)C(=O)NCCOCCOCC(=O)NCCCNC(=O)C(=C)C. The third kappa shape index (κ3) is 17.0. The number of likely N-dealkylation sites (tertiary alicyclic amines) is 1. The minimum Gasteiger partial charge on any atom is -0.377 e. The summed E-state index contributed by atoms with van der Waals surface area (Å²) in [5.41, 5.74) is 0.422. The molecule has 1 rings (SSSR count). The van der Waals surface area contributed by atoms with Gasteiger partial charge in [-0.2, -0.15) is 0 Å². The summed E-state index contributed by atoms with van der Waals surface area (Å²) in [5.74, 6) is -2.78. The molecule has 270 valence electrons. The van der Waals surface area contributed by atoms with Crippen LogP contribution in [0.2, 0.25) is 0 Å². The topological polar surface area (TPSA) is 213 Å². The standard InChI is InChI=1S/C32H53N7O9/c1-7-26(40)37-23(6)32(46)39-14-8-10-25(39)31(45)36-19-27(41)38-24(18-21(2)3)30(44)35-13-15-47-16-17-48-20-28(42)33-11-9-12-34-29(43)22(4)5/h7,21,23-25H,1,4,8-20H2,2-3,5-6H3,(H,33,42)(H,34,43)(H,35,44)(H,36,45)(H,37,40)(H,38,41)/t23-,24?,25?/m0/s1. The minimum absolute atomic E-state index is 0.0882. The van der Waals surface area contributed by atoms with Crippen molar-refractivity contribution in [2.24, 2.45) is 5.92 Å². The Labute approximate surface area is 282 Å². The molecule has 3 atom stereocenters. The van der Waals surface area contributed by atoms with Crippen molar-refractivity contribution < 1.29 is 43.0 Å². The zero-order valence-corrected chi connectivity index (χ0v) is 28.6. The second-order valence-corrected chi connectivity index (χ2v) is 11.8. The van der Waals surface area contributed by atoms with Crippen LogP contribution >= 0.6 is 0 Å². The fourth-order valence-electron chi connectivity index (χ4n) is 4.59. The molecule has 0 saturated carbocycles. The van der Waals surface area contributed by atoms with Crippen LogP contribution in [0.4, 0.5) is 0 Å². The highest BCUT2D eigenvalue weighted by Crippen LogP contribution is 2.18. The summed E-state index contributed by atoms with van der Waals surface area (Å²) < 4.78 is 10.7. The molecule has 1 saturated heterocycles. The lowest BCUT2D eigenvalue weighted by Gasteiger charge is -2.27. The average molecular weight is 680 g/mol. The van der Waals surface area contributed by atoms with Crippen LogP contribution in [-0.4, -0.2) is 124 Å². The lowest BCUT2D eigenvalue weighted by atomic mass is 10.0. The number of hydrogen-bond acceptors (Lipinski definition) is 9. The van der Waals surface area contributed by atoms with Gasteiger partial charge in [0.05, 0.1) is 26.4 Å². The molecule has 48 heavy (non-hydrogen) atoms. The molecule has 0 aromatic heterocycles. The normalized spacial score (nSPS) is 15.1. The summed E-state index contributed by atoms with van der Waals surface area (Å²) in [6.45, 7) is 15.2. The Balaban J connectivity index is 2.33. The summed E-state index contributed by atoms with van der Waals surface area (Å²) in [7, 11) is 0. The van der Waals surface area contributed by atoms with Crippen molar-refractivity contribution in [3.05, 3.63) is 24.8 Å². The zero-order chi connectivity index (χ0) is 36.1. The van der Waals surface area contributed by atoms with E-state index in [0.717, 1.165) is 6.08 Å². The molecule has 0 aromatic carbocycles. The van der Waals surface area contributed by atoms with E-state index in [9.17, 15) is 33.6 Å². The van der Waals surface area contributed by atoms with Gasteiger partial charge in [0.1, 0.15) is 24.7 Å². The fraction of sp³-hybridized carbons (Fsp3) is 0.656. The molecule has 0 spiro atoms. The molecule has 1 heterocycles. The maximum atomic E-state index is 12.8. The maximum Gasteiger partial charge on any atom is 0.246 e. The van der Waals surface area contributed by atoms with Crippen LogP contribution < -0.4 is 31.9 Å². The number of ether oxygens (including phenoxy) is 2. The van der Waals surface area contributed by atoms with Crippen LogP contribution in [0.25, 0.3) is 0 Å². The number of nitrogens with zero attached hydrogens (tertiary/aromatic N) is 1. The molecule has 1 aliphatic heterocycles. The van der Waals surface area contributed by atoms with Crippen LogP contribution in [0.5, 0.6) is 0 Å². The lowest BCUT2D eigenvalue weighted by Crippen LogP contribution is -2.54. The third-order valence-electron chi connectivity index (χ3n) is 7.03. The van der Waals surface area contributed by atoms with Gasteiger partial charge < -0.3 is 46.3 Å². The van der Waals surface area contributed by atoms with Crippen LogP contribution in [0.3, 0.4) is 0 Å². The highest BCUT2D eigenvalue weighted by atomic mass is 16.5. The Morgan fingerprint density at radius 3 is 2.23 bits per heavy atom. The van der Waals surface area contributed by atoms with Gasteiger partial charge in [0.2, 0.25) is 41.4 Å². The molecule has 6 N–H and O–H groups in total. The molecule has 1 aliphatic rings. The Morgan fingerprint density at radius 1 is 0.875 bits per heavy atom. The maximum absolute atomic E-state index is 12.8. The monoisotopic (exact) mass is 679 g/mol. The predicted octanol–water partition coefficient (Wildman–Crippen LogP) is -1.34. The van der Waals surface area contributed by atoms with Gasteiger partial charge in [-0.3, -0.25) is 33.6 Å². The number of hydrogen-bond donors (Lipinski definition) is 6. The van der Waals surface area contributed by atoms with E-state index < -0.39 is 47.7 Å². The summed E-state index contributed by atoms with van der Waals surface area (Å²) >= 11 is 0. The van der Waals surface area contributed by atoms with E-state index in [4.69, 9.17) is 9.47 Å². The Bertz CT molecular complexity index is 1140. The first kappa shape index (κ1) is 41.7. The van der Waals surface area contributed by atoms with Gasteiger partial charge in [-0.05, 0) is 51.5 Å². The smallest absolute Gasteiger partial charge is 0.246 e. The second kappa shape index (κ2) is 23.1. The largest absolute Gasteiger partial charge is 0.377 e. The second-order valence-electron chi connectivity index (χ2n) is 11.8. The highest BCUT2D eigenvalue weighted by Gasteiger charge is 2.36. The average Bonchev–Trinajstić information content (AvgIpc) is 3.53. The van der Waals surface area contributed by atoms with Crippen molar-refractivity contribution in [1.29, 1.82) is 0 Å². The van der Waals surface area contributed by atoms with E-state index in [0.29, 0.717) is 50.9 Å². The van der Waals surface area contributed by atoms with Gasteiger partial charge in [0.25, 0.3) is 0 Å². The predicted molar refractivity (Wildman–Crippen MR) is 177 cm³/mol. The fourth-order valence-corrected chi connectivity index (χ4v) is 4.59. The molecule has 0 radical (unpaired) electrons. The summed E-state index contributed by atoms with van der Waals surface area (Å²) in [6, 6.07) is -2.45. The van der Waals surface area contributed by atoms with Crippen molar-refractivity contribution in [2.45, 2.75) is 71.5 Å². The lowest BCUT2D eigenvalue weighted by molar-refractivity contribution is -0.141. The van der Waals surface area contributed by atoms with Gasteiger partial charge in [-0.25, -0.2) is 0 Å². The van der Waals surface area contributed by atoms with Crippen molar-refractivity contribution in [1.82, 2.24) is 36.8 Å². The minimum atomic E-state index is -0.842. The van der Waals surface area contributed by atoms with Crippen LogP contribution in [0.1, 0.15) is 53.4 Å². The molecule has 16 heteroatoms. The van der Waals surface area contributed by atoms with E-state index >= 15 is 0 Å². The number of carbonyl (C=O) groups excluding carboxylic acids is 7. The molecule has 0 bridgehead atoms.